The summed E-state index contributed by atoms with van der Waals surface area (Å²) in [4.78, 5) is 0.621. The molecule has 2 N–H and O–H groups in total. The molecule has 1 fully saturated rings. The molecule has 1 aromatic rings. The van der Waals surface area contributed by atoms with Gasteiger partial charge in [-0.15, -0.1) is 0 Å². The molecule has 1 saturated carbocycles. The lowest BCUT2D eigenvalue weighted by molar-refractivity contribution is 0.604. The lowest BCUT2D eigenvalue weighted by Crippen LogP contribution is -2.09. The summed E-state index contributed by atoms with van der Waals surface area (Å²) in [6.45, 7) is 0. The van der Waals surface area contributed by atoms with Crippen LogP contribution in [-0.4, -0.2) is 9.96 Å². The van der Waals surface area contributed by atoms with E-state index in [4.69, 9.17) is 17.3 Å². The van der Waals surface area contributed by atoms with Crippen LogP contribution >= 0.6 is 11.6 Å². The first-order chi connectivity index (χ1) is 7.68. The fraction of sp³-hybridized carbons (Fsp3) is 0.500. The molecule has 4 heteroatoms. The predicted molar refractivity (Wildman–Crippen MR) is 69.1 cm³/mol. The summed E-state index contributed by atoms with van der Waals surface area (Å²) in [7, 11) is -1.05. The molecular formula is C12H16ClNOS. The Bertz CT molecular complexity index is 382. The highest BCUT2D eigenvalue weighted by atomic mass is 35.5. The maximum Gasteiger partial charge on any atom is 0.0803 e. The van der Waals surface area contributed by atoms with Crippen molar-refractivity contribution in [3.8, 4) is 0 Å². The highest BCUT2D eigenvalue weighted by Crippen LogP contribution is 2.30. The summed E-state index contributed by atoms with van der Waals surface area (Å²) in [5, 5.41) is 0.524. The molecule has 2 rings (SSSR count). The van der Waals surface area contributed by atoms with Gasteiger partial charge in [-0.2, -0.15) is 0 Å². The number of nitrogen functional groups attached to an aromatic ring is 1. The van der Waals surface area contributed by atoms with Crippen LogP contribution in [0.2, 0.25) is 5.02 Å². The zero-order valence-electron chi connectivity index (χ0n) is 9.12. The predicted octanol–water partition coefficient (Wildman–Crippen LogP) is 3.22. The lowest BCUT2D eigenvalue weighted by Gasteiger charge is -2.11. The SMILES string of the molecule is Nc1cccc(Cl)c1S(=O)CC1CCCC1. The standard InChI is InChI=1S/C12H16ClNOS/c13-10-6-3-7-11(14)12(10)16(15)8-9-4-1-2-5-9/h3,6-7,9H,1-2,4-5,8,14H2. The Morgan fingerprint density at radius 1 is 1.38 bits per heavy atom. The van der Waals surface area contributed by atoms with Crippen LogP contribution in [0.15, 0.2) is 23.1 Å². The quantitative estimate of drug-likeness (QED) is 0.845. The van der Waals surface area contributed by atoms with Gasteiger partial charge in [0.15, 0.2) is 0 Å². The van der Waals surface area contributed by atoms with E-state index in [0.29, 0.717) is 27.3 Å². The molecule has 1 aliphatic carbocycles. The van der Waals surface area contributed by atoms with Crippen molar-refractivity contribution in [2.45, 2.75) is 30.6 Å². The van der Waals surface area contributed by atoms with Crippen molar-refractivity contribution in [1.82, 2.24) is 0 Å². The van der Waals surface area contributed by atoms with Crippen LogP contribution in [-0.2, 0) is 10.8 Å². The van der Waals surface area contributed by atoms with Crippen LogP contribution < -0.4 is 5.73 Å². The Hall–Kier alpha value is -0.540. The number of hydrogen-bond acceptors (Lipinski definition) is 2. The molecule has 0 radical (unpaired) electrons. The van der Waals surface area contributed by atoms with Crippen LogP contribution in [0.4, 0.5) is 5.69 Å². The van der Waals surface area contributed by atoms with E-state index < -0.39 is 10.8 Å². The van der Waals surface area contributed by atoms with Gasteiger partial charge < -0.3 is 5.73 Å². The van der Waals surface area contributed by atoms with Crippen LogP contribution in [0.3, 0.4) is 0 Å². The Morgan fingerprint density at radius 2 is 2.06 bits per heavy atom. The first-order valence-corrected chi connectivity index (χ1v) is 7.30. The molecule has 0 spiro atoms. The van der Waals surface area contributed by atoms with Crippen LogP contribution in [0.5, 0.6) is 0 Å². The van der Waals surface area contributed by atoms with Crippen molar-refractivity contribution in [3.63, 3.8) is 0 Å². The van der Waals surface area contributed by atoms with Gasteiger partial charge in [0.05, 0.1) is 20.7 Å². The molecule has 1 unspecified atom stereocenters. The zero-order valence-corrected chi connectivity index (χ0v) is 10.7. The largest absolute Gasteiger partial charge is 0.398 e. The van der Waals surface area contributed by atoms with Gasteiger partial charge >= 0.3 is 0 Å². The summed E-state index contributed by atoms with van der Waals surface area (Å²) in [5.74, 6) is 1.28. The number of halogens is 1. The average Bonchev–Trinajstić information content (AvgIpc) is 2.70. The minimum Gasteiger partial charge on any atom is -0.398 e. The van der Waals surface area contributed by atoms with Crippen LogP contribution in [0, 0.1) is 5.92 Å². The Balaban J connectivity index is 2.13. The van der Waals surface area contributed by atoms with E-state index in [1.165, 1.54) is 25.7 Å². The highest BCUT2D eigenvalue weighted by molar-refractivity contribution is 7.85. The maximum atomic E-state index is 12.2. The van der Waals surface area contributed by atoms with Gasteiger partial charge in [0, 0.05) is 11.4 Å². The zero-order chi connectivity index (χ0) is 11.5. The van der Waals surface area contributed by atoms with Crippen molar-refractivity contribution in [3.05, 3.63) is 23.2 Å². The second-order valence-electron chi connectivity index (χ2n) is 4.32. The molecule has 88 valence electrons. The smallest absolute Gasteiger partial charge is 0.0803 e. The van der Waals surface area contributed by atoms with E-state index in [1.54, 1.807) is 18.2 Å². The maximum absolute atomic E-state index is 12.2. The number of benzene rings is 1. The van der Waals surface area contributed by atoms with Gasteiger partial charge in [0.1, 0.15) is 0 Å². The summed E-state index contributed by atoms with van der Waals surface area (Å²) in [6, 6.07) is 5.29. The van der Waals surface area contributed by atoms with E-state index >= 15 is 0 Å². The van der Waals surface area contributed by atoms with Gasteiger partial charge in [-0.1, -0.05) is 30.5 Å². The van der Waals surface area contributed by atoms with E-state index in [1.807, 2.05) is 0 Å². The summed E-state index contributed by atoms with van der Waals surface area (Å²) in [5.41, 5.74) is 6.36. The molecule has 2 nitrogen and oxygen atoms in total. The molecule has 0 heterocycles. The van der Waals surface area contributed by atoms with Gasteiger partial charge in [-0.05, 0) is 30.9 Å². The third-order valence-corrected chi connectivity index (χ3v) is 5.20. The normalized spacial score (nSPS) is 18.8. The van der Waals surface area contributed by atoms with Crippen LogP contribution in [0.1, 0.15) is 25.7 Å². The minimum atomic E-state index is -1.05. The molecule has 0 aliphatic heterocycles. The highest BCUT2D eigenvalue weighted by Gasteiger charge is 2.20. The van der Waals surface area contributed by atoms with Gasteiger partial charge in [0.25, 0.3) is 0 Å². The molecule has 0 aromatic heterocycles. The van der Waals surface area contributed by atoms with Crippen molar-refractivity contribution < 1.29 is 4.21 Å². The number of rotatable bonds is 3. The minimum absolute atomic E-state index is 0.524. The molecule has 1 aliphatic rings. The fourth-order valence-corrected chi connectivity index (χ4v) is 4.22. The third-order valence-electron chi connectivity index (χ3n) is 3.09. The Morgan fingerprint density at radius 3 is 2.69 bits per heavy atom. The van der Waals surface area contributed by atoms with Gasteiger partial charge in [-0.3, -0.25) is 4.21 Å². The van der Waals surface area contributed by atoms with Gasteiger partial charge in [-0.25, -0.2) is 0 Å². The van der Waals surface area contributed by atoms with Gasteiger partial charge in [0.2, 0.25) is 0 Å². The molecule has 0 saturated heterocycles. The van der Waals surface area contributed by atoms with Crippen molar-refractivity contribution in [2.75, 3.05) is 11.5 Å². The topological polar surface area (TPSA) is 43.1 Å². The Labute approximate surface area is 104 Å². The van der Waals surface area contributed by atoms with E-state index in [2.05, 4.69) is 0 Å². The second-order valence-corrected chi connectivity index (χ2v) is 6.16. The average molecular weight is 258 g/mol. The molecule has 0 amide bonds. The monoisotopic (exact) mass is 257 g/mol. The lowest BCUT2D eigenvalue weighted by atomic mass is 10.1. The number of anilines is 1. The Kier molecular flexibility index (Phi) is 3.87. The molecule has 16 heavy (non-hydrogen) atoms. The summed E-state index contributed by atoms with van der Waals surface area (Å²) < 4.78 is 12.2. The summed E-state index contributed by atoms with van der Waals surface area (Å²) >= 11 is 6.04. The molecular weight excluding hydrogens is 242 g/mol. The van der Waals surface area contributed by atoms with Crippen LogP contribution in [0.25, 0.3) is 0 Å². The van der Waals surface area contributed by atoms with E-state index in [9.17, 15) is 4.21 Å². The fourth-order valence-electron chi connectivity index (χ4n) is 2.24. The van der Waals surface area contributed by atoms with Crippen molar-refractivity contribution in [2.24, 2.45) is 5.92 Å². The van der Waals surface area contributed by atoms with Crippen molar-refractivity contribution >= 4 is 28.1 Å². The number of nitrogens with two attached hydrogens (primary N) is 1. The van der Waals surface area contributed by atoms with E-state index in [0.717, 1.165) is 0 Å². The first-order valence-electron chi connectivity index (χ1n) is 5.61. The first kappa shape index (κ1) is 11.9. The molecule has 0 bridgehead atoms. The summed E-state index contributed by atoms with van der Waals surface area (Å²) in [6.07, 6.45) is 4.91. The number of hydrogen-bond donors (Lipinski definition) is 1. The third kappa shape index (κ3) is 2.58. The second kappa shape index (κ2) is 5.19. The molecule has 1 aromatic carbocycles. The van der Waals surface area contributed by atoms with E-state index in [-0.39, 0.29) is 0 Å². The van der Waals surface area contributed by atoms with Crippen molar-refractivity contribution in [1.29, 1.82) is 0 Å². The molecule has 1 atom stereocenters.